The van der Waals surface area contributed by atoms with E-state index in [9.17, 15) is 8.42 Å². The van der Waals surface area contributed by atoms with Gasteiger partial charge in [-0.15, -0.1) is 0 Å². The molecule has 1 fully saturated rings. The normalized spacial score (nSPS) is 15.6. The Kier molecular flexibility index (Phi) is 5.07. The number of hydrogen-bond donors (Lipinski definition) is 1. The van der Waals surface area contributed by atoms with Gasteiger partial charge >= 0.3 is 0 Å². The van der Waals surface area contributed by atoms with Crippen LogP contribution in [-0.2, 0) is 14.8 Å². The molecule has 0 amide bonds. The summed E-state index contributed by atoms with van der Waals surface area (Å²) in [5.41, 5.74) is 1.13. The van der Waals surface area contributed by atoms with Crippen molar-refractivity contribution in [3.05, 3.63) is 53.7 Å². The van der Waals surface area contributed by atoms with Gasteiger partial charge in [-0.05, 0) is 11.6 Å². The van der Waals surface area contributed by atoms with Crippen molar-refractivity contribution < 1.29 is 13.2 Å². The van der Waals surface area contributed by atoms with Gasteiger partial charge in [-0.2, -0.15) is 0 Å². The first kappa shape index (κ1) is 16.4. The maximum atomic E-state index is 12.1. The van der Waals surface area contributed by atoms with Crippen LogP contribution in [0.25, 0.3) is 6.08 Å². The molecule has 8 heteroatoms. The van der Waals surface area contributed by atoms with Crippen molar-refractivity contribution in [3.8, 4) is 0 Å². The summed E-state index contributed by atoms with van der Waals surface area (Å²) < 4.78 is 31.9. The number of morpholine rings is 1. The summed E-state index contributed by atoms with van der Waals surface area (Å²) in [6, 6.07) is 9.21. The molecule has 24 heavy (non-hydrogen) atoms. The Morgan fingerprint density at radius 2 is 1.75 bits per heavy atom. The molecule has 1 aromatic heterocycles. The number of anilines is 2. The van der Waals surface area contributed by atoms with Crippen LogP contribution in [0.2, 0.25) is 0 Å². The smallest absolute Gasteiger partial charge is 0.255 e. The molecule has 3 rings (SSSR count). The minimum absolute atomic E-state index is 0.324. The highest BCUT2D eigenvalue weighted by molar-refractivity contribution is 7.95. The zero-order valence-electron chi connectivity index (χ0n) is 13.0. The van der Waals surface area contributed by atoms with Crippen LogP contribution in [0, 0.1) is 0 Å². The molecule has 1 aromatic carbocycles. The number of nitrogens with zero attached hydrogens (tertiary/aromatic N) is 3. The van der Waals surface area contributed by atoms with Crippen molar-refractivity contribution in [2.24, 2.45) is 0 Å². The maximum absolute atomic E-state index is 12.1. The topological polar surface area (TPSA) is 84.4 Å². The molecule has 7 nitrogen and oxygen atoms in total. The van der Waals surface area contributed by atoms with Crippen molar-refractivity contribution in [3.63, 3.8) is 0 Å². The maximum Gasteiger partial charge on any atom is 0.255 e. The second-order valence-corrected chi connectivity index (χ2v) is 6.80. The summed E-state index contributed by atoms with van der Waals surface area (Å²) in [4.78, 5) is 10.4. The van der Waals surface area contributed by atoms with E-state index in [0.717, 1.165) is 24.1 Å². The first-order valence-electron chi connectivity index (χ1n) is 7.53. The van der Waals surface area contributed by atoms with Crippen LogP contribution in [0.15, 0.2) is 48.1 Å². The van der Waals surface area contributed by atoms with Crippen molar-refractivity contribution in [1.29, 1.82) is 0 Å². The lowest BCUT2D eigenvalue weighted by atomic mass is 10.2. The Morgan fingerprint density at radius 3 is 2.42 bits per heavy atom. The van der Waals surface area contributed by atoms with Crippen molar-refractivity contribution in [1.82, 2.24) is 9.97 Å². The molecule has 2 heterocycles. The van der Waals surface area contributed by atoms with E-state index in [0.29, 0.717) is 24.8 Å². The molecule has 0 spiro atoms. The molecular formula is C16H18N4O3S. The summed E-state index contributed by atoms with van der Waals surface area (Å²) in [5, 5.41) is 1.12. The number of aromatic nitrogens is 2. The van der Waals surface area contributed by atoms with E-state index in [2.05, 4.69) is 14.7 Å². The average Bonchev–Trinajstić information content (AvgIpc) is 2.62. The fourth-order valence-corrected chi connectivity index (χ4v) is 3.07. The third-order valence-electron chi connectivity index (χ3n) is 3.43. The van der Waals surface area contributed by atoms with Gasteiger partial charge in [0.1, 0.15) is 0 Å². The van der Waals surface area contributed by atoms with E-state index in [-0.39, 0.29) is 0 Å². The second kappa shape index (κ2) is 7.41. The van der Waals surface area contributed by atoms with Gasteiger partial charge in [-0.25, -0.2) is 18.4 Å². The fraction of sp³-hybridized carbons (Fsp3) is 0.250. The molecule has 1 N–H and O–H groups in total. The summed E-state index contributed by atoms with van der Waals surface area (Å²) in [6.45, 7) is 2.74. The third kappa shape index (κ3) is 4.53. The quantitative estimate of drug-likeness (QED) is 0.887. The van der Waals surface area contributed by atoms with E-state index in [4.69, 9.17) is 4.74 Å². The van der Waals surface area contributed by atoms with Crippen molar-refractivity contribution in [2.75, 3.05) is 35.9 Å². The minimum Gasteiger partial charge on any atom is -0.378 e. The zero-order valence-corrected chi connectivity index (χ0v) is 13.8. The van der Waals surface area contributed by atoms with Crippen LogP contribution >= 0.6 is 0 Å². The van der Waals surface area contributed by atoms with Gasteiger partial charge in [0.2, 0.25) is 5.95 Å². The van der Waals surface area contributed by atoms with Gasteiger partial charge in [0.15, 0.2) is 0 Å². The van der Waals surface area contributed by atoms with E-state index in [1.807, 2.05) is 35.2 Å². The molecule has 0 radical (unpaired) electrons. The molecule has 2 aromatic rings. The van der Waals surface area contributed by atoms with E-state index in [1.54, 1.807) is 0 Å². The Labute approximate surface area is 141 Å². The van der Waals surface area contributed by atoms with Crippen LogP contribution in [0.4, 0.5) is 11.6 Å². The molecule has 126 valence electrons. The van der Waals surface area contributed by atoms with Crippen molar-refractivity contribution in [2.45, 2.75) is 0 Å². The van der Waals surface area contributed by atoms with Gasteiger partial charge in [-0.1, -0.05) is 30.3 Å². The van der Waals surface area contributed by atoms with Gasteiger partial charge in [0.05, 0.1) is 36.7 Å². The van der Waals surface area contributed by atoms with Crippen LogP contribution in [-0.4, -0.2) is 44.7 Å². The lowest BCUT2D eigenvalue weighted by Crippen LogP contribution is -2.37. The van der Waals surface area contributed by atoms with Gasteiger partial charge in [-0.3, -0.25) is 4.72 Å². The van der Waals surface area contributed by atoms with Crippen LogP contribution < -0.4 is 9.62 Å². The Balaban J connectivity index is 1.65. The van der Waals surface area contributed by atoms with E-state index in [1.165, 1.54) is 18.5 Å². The summed E-state index contributed by atoms with van der Waals surface area (Å²) in [5.74, 6) is 0.570. The van der Waals surface area contributed by atoms with E-state index < -0.39 is 10.0 Å². The van der Waals surface area contributed by atoms with Crippen molar-refractivity contribution >= 4 is 27.7 Å². The zero-order chi connectivity index (χ0) is 16.8. The first-order valence-corrected chi connectivity index (χ1v) is 9.08. The number of sulfonamides is 1. The SMILES string of the molecule is O=S(=O)(/C=C/c1ccccc1)Nc1cnc(N2CCOCC2)nc1. The average molecular weight is 346 g/mol. The van der Waals surface area contributed by atoms with Gasteiger partial charge in [0, 0.05) is 13.1 Å². The number of rotatable bonds is 5. The largest absolute Gasteiger partial charge is 0.378 e. The molecule has 0 bridgehead atoms. The fourth-order valence-electron chi connectivity index (χ4n) is 2.23. The molecule has 1 aliphatic rings. The predicted octanol–water partition coefficient (Wildman–Crippen LogP) is 1.73. The summed E-state index contributed by atoms with van der Waals surface area (Å²) in [6.07, 6.45) is 4.46. The Bertz CT molecular complexity index is 786. The molecule has 0 atom stereocenters. The van der Waals surface area contributed by atoms with Crippen LogP contribution in [0.5, 0.6) is 0 Å². The standard InChI is InChI=1S/C16H18N4O3S/c21-24(22,11-6-14-4-2-1-3-5-14)19-15-12-17-16(18-13-15)20-7-9-23-10-8-20/h1-6,11-13,19H,7-10H2/b11-6+. The molecule has 0 unspecified atom stereocenters. The molecule has 1 saturated heterocycles. The Morgan fingerprint density at radius 1 is 1.08 bits per heavy atom. The summed E-state index contributed by atoms with van der Waals surface area (Å²) in [7, 11) is -3.61. The lowest BCUT2D eigenvalue weighted by molar-refractivity contribution is 0.122. The number of benzene rings is 1. The first-order chi connectivity index (χ1) is 11.6. The molecule has 1 aliphatic heterocycles. The highest BCUT2D eigenvalue weighted by Crippen LogP contribution is 2.13. The highest BCUT2D eigenvalue weighted by Gasteiger charge is 2.14. The second-order valence-electron chi connectivity index (χ2n) is 5.23. The van der Waals surface area contributed by atoms with Gasteiger partial charge < -0.3 is 9.64 Å². The number of hydrogen-bond acceptors (Lipinski definition) is 6. The highest BCUT2D eigenvalue weighted by atomic mass is 32.2. The minimum atomic E-state index is -3.61. The van der Waals surface area contributed by atoms with Gasteiger partial charge in [0.25, 0.3) is 10.0 Å². The van der Waals surface area contributed by atoms with Crippen LogP contribution in [0.1, 0.15) is 5.56 Å². The monoisotopic (exact) mass is 346 g/mol. The Hall–Kier alpha value is -2.45. The third-order valence-corrected chi connectivity index (χ3v) is 4.45. The predicted molar refractivity (Wildman–Crippen MR) is 93.1 cm³/mol. The lowest BCUT2D eigenvalue weighted by Gasteiger charge is -2.26. The molecule has 0 aliphatic carbocycles. The van der Waals surface area contributed by atoms with E-state index >= 15 is 0 Å². The molecule has 0 saturated carbocycles. The van der Waals surface area contributed by atoms with Crippen LogP contribution in [0.3, 0.4) is 0 Å². The molecular weight excluding hydrogens is 328 g/mol. The number of ether oxygens (including phenoxy) is 1. The summed E-state index contributed by atoms with van der Waals surface area (Å²) >= 11 is 0. The number of nitrogens with one attached hydrogen (secondary N) is 1.